The molecular formula is C24H33ClN3O7+. The molecule has 2 atom stereocenters. The maximum Gasteiger partial charge on any atom is 0.424 e. The number of likely N-dealkylation sites (tertiary alicyclic amines) is 1. The molecule has 4 amide bonds. The van der Waals surface area contributed by atoms with Crippen LogP contribution in [-0.2, 0) is 25.7 Å². The van der Waals surface area contributed by atoms with Crippen molar-refractivity contribution in [2.45, 2.75) is 58.7 Å². The molecule has 0 spiro atoms. The molecule has 1 aliphatic heterocycles. The van der Waals surface area contributed by atoms with E-state index in [1.54, 1.807) is 46.1 Å². The van der Waals surface area contributed by atoms with Crippen LogP contribution in [0.1, 0.15) is 56.0 Å². The van der Waals surface area contributed by atoms with E-state index in [4.69, 9.17) is 21.4 Å². The average molecular weight is 511 g/mol. The van der Waals surface area contributed by atoms with Gasteiger partial charge in [0.1, 0.15) is 12.3 Å². The molecule has 35 heavy (non-hydrogen) atoms. The van der Waals surface area contributed by atoms with Crippen LogP contribution in [0.3, 0.4) is 0 Å². The van der Waals surface area contributed by atoms with Crippen LogP contribution in [0, 0.1) is 5.41 Å². The Labute approximate surface area is 209 Å². The van der Waals surface area contributed by atoms with Crippen molar-refractivity contribution in [3.05, 3.63) is 34.3 Å². The van der Waals surface area contributed by atoms with E-state index < -0.39 is 52.2 Å². The first-order valence-electron chi connectivity index (χ1n) is 11.3. The van der Waals surface area contributed by atoms with Crippen LogP contribution in [0.25, 0.3) is 0 Å². The molecule has 1 saturated heterocycles. The Morgan fingerprint density at radius 3 is 2.29 bits per heavy atom. The van der Waals surface area contributed by atoms with Crippen molar-refractivity contribution in [1.82, 2.24) is 10.6 Å². The number of methoxy groups -OCH3 is 1. The van der Waals surface area contributed by atoms with E-state index in [1.165, 1.54) is 0 Å². The number of urea groups is 1. The van der Waals surface area contributed by atoms with Gasteiger partial charge in [0.15, 0.2) is 6.04 Å². The summed E-state index contributed by atoms with van der Waals surface area (Å²) in [5, 5.41) is 14.3. The Morgan fingerprint density at radius 1 is 1.17 bits per heavy atom. The van der Waals surface area contributed by atoms with Crippen LogP contribution in [-0.4, -0.2) is 72.0 Å². The lowest BCUT2D eigenvalue weighted by Crippen LogP contribution is -2.67. The lowest BCUT2D eigenvalue weighted by atomic mass is 9.85. The number of ether oxygens (including phenoxy) is 1. The molecule has 192 valence electrons. The van der Waals surface area contributed by atoms with Crippen molar-refractivity contribution in [3.8, 4) is 0 Å². The van der Waals surface area contributed by atoms with Crippen LogP contribution < -0.4 is 10.6 Å². The number of rotatable bonds is 9. The maximum absolute atomic E-state index is 13.9. The Kier molecular flexibility index (Phi) is 9.53. The van der Waals surface area contributed by atoms with Gasteiger partial charge in [0.25, 0.3) is 5.91 Å². The summed E-state index contributed by atoms with van der Waals surface area (Å²) in [6.45, 7) is 5.98. The number of quaternary nitrogens is 1. The summed E-state index contributed by atoms with van der Waals surface area (Å²) in [4.78, 5) is 62.6. The highest BCUT2D eigenvalue weighted by atomic mass is 35.5. The number of carboxylic acid groups (broad SMARTS) is 1. The number of nitrogens with zero attached hydrogens (tertiary/aromatic N) is 1. The van der Waals surface area contributed by atoms with Crippen LogP contribution in [0.15, 0.2) is 18.2 Å². The number of imide groups is 1. The molecule has 0 aromatic heterocycles. The number of carbonyl (C=O) groups is 5. The standard InChI is InChI=1S/C24H32ClN3O7/c1-24(2,3)20(27-21(32)17-8-7-15(14-35-4)11-18(17)25)22(33)28(9-5-6-10-28)23(34)26-16(13-29)12-19(30)31/h7-8,11,13,16,20H,5-6,9-10,12,14H2,1-4H3,(H2-,26,27,30,31,32,34)/p+1/t16-,20+/m0/s1. The molecule has 1 heterocycles. The largest absolute Gasteiger partial charge is 0.481 e. The molecule has 1 aliphatic rings. The zero-order valence-electron chi connectivity index (χ0n) is 20.4. The second-order valence-corrected chi connectivity index (χ2v) is 10.2. The molecule has 1 fully saturated rings. The van der Waals surface area contributed by atoms with E-state index in [0.29, 0.717) is 25.7 Å². The minimum absolute atomic E-state index is 0.175. The molecule has 1 aromatic carbocycles. The van der Waals surface area contributed by atoms with Crippen molar-refractivity contribution >= 4 is 41.7 Å². The summed E-state index contributed by atoms with van der Waals surface area (Å²) in [5.41, 5.74) is 0.185. The Hall–Kier alpha value is -2.82. The molecule has 0 bridgehead atoms. The fraction of sp³-hybridized carbons (Fsp3) is 0.542. The molecule has 11 heteroatoms. The fourth-order valence-electron chi connectivity index (χ4n) is 4.11. The number of hydrogen-bond acceptors (Lipinski definition) is 6. The third-order valence-electron chi connectivity index (χ3n) is 5.99. The summed E-state index contributed by atoms with van der Waals surface area (Å²) < 4.78 is 4.44. The van der Waals surface area contributed by atoms with Gasteiger partial charge in [-0.25, -0.2) is 9.59 Å². The van der Waals surface area contributed by atoms with Gasteiger partial charge < -0.3 is 20.0 Å². The topological polar surface area (TPSA) is 139 Å². The summed E-state index contributed by atoms with van der Waals surface area (Å²) in [5.74, 6) is -2.36. The lowest BCUT2D eigenvalue weighted by molar-refractivity contribution is -0.761. The van der Waals surface area contributed by atoms with Crippen molar-refractivity contribution in [1.29, 1.82) is 0 Å². The highest BCUT2D eigenvalue weighted by molar-refractivity contribution is 6.34. The highest BCUT2D eigenvalue weighted by Gasteiger charge is 2.53. The van der Waals surface area contributed by atoms with Gasteiger partial charge in [-0.1, -0.05) is 38.4 Å². The minimum atomic E-state index is -1.27. The van der Waals surface area contributed by atoms with E-state index in [9.17, 15) is 24.0 Å². The maximum atomic E-state index is 13.9. The van der Waals surface area contributed by atoms with Gasteiger partial charge in [0.2, 0.25) is 0 Å². The number of nitrogens with one attached hydrogen (secondary N) is 2. The third kappa shape index (κ3) is 6.87. The molecule has 0 aliphatic carbocycles. The predicted octanol–water partition coefficient (Wildman–Crippen LogP) is 2.52. The van der Waals surface area contributed by atoms with E-state index >= 15 is 0 Å². The third-order valence-corrected chi connectivity index (χ3v) is 6.30. The van der Waals surface area contributed by atoms with Gasteiger partial charge in [0.05, 0.1) is 36.7 Å². The van der Waals surface area contributed by atoms with E-state index in [1.807, 2.05) is 0 Å². The first kappa shape index (κ1) is 28.4. The number of carboxylic acids is 1. The van der Waals surface area contributed by atoms with Gasteiger partial charge in [-0.05, 0) is 23.1 Å². The second kappa shape index (κ2) is 11.7. The molecule has 0 saturated carbocycles. The number of carbonyl (C=O) groups excluding carboxylic acids is 4. The summed E-state index contributed by atoms with van der Waals surface area (Å²) in [6, 6.07) is 1.76. The molecule has 3 N–H and O–H groups in total. The smallest absolute Gasteiger partial charge is 0.424 e. The van der Waals surface area contributed by atoms with Gasteiger partial charge in [-0.3, -0.25) is 14.9 Å². The van der Waals surface area contributed by atoms with Gasteiger partial charge in [-0.2, -0.15) is 4.48 Å². The van der Waals surface area contributed by atoms with Crippen LogP contribution >= 0.6 is 11.6 Å². The number of benzene rings is 1. The lowest BCUT2D eigenvalue weighted by Gasteiger charge is -2.37. The minimum Gasteiger partial charge on any atom is -0.481 e. The Balaban J connectivity index is 2.35. The zero-order chi connectivity index (χ0) is 26.4. The van der Waals surface area contributed by atoms with E-state index in [-0.39, 0.29) is 23.7 Å². The van der Waals surface area contributed by atoms with Crippen molar-refractivity contribution < 1.29 is 38.3 Å². The fourth-order valence-corrected chi connectivity index (χ4v) is 4.40. The molecule has 0 unspecified atom stereocenters. The molecule has 10 nitrogen and oxygen atoms in total. The number of halogens is 1. The second-order valence-electron chi connectivity index (χ2n) is 9.77. The number of hydrogen-bond donors (Lipinski definition) is 3. The molecular weight excluding hydrogens is 478 g/mol. The molecule has 2 rings (SSSR count). The quantitative estimate of drug-likeness (QED) is 0.342. The summed E-state index contributed by atoms with van der Waals surface area (Å²) in [7, 11) is 1.54. The van der Waals surface area contributed by atoms with Gasteiger partial charge in [-0.15, -0.1) is 0 Å². The monoisotopic (exact) mass is 510 g/mol. The molecule has 1 aromatic rings. The number of aldehydes is 1. The van der Waals surface area contributed by atoms with Crippen molar-refractivity contribution in [3.63, 3.8) is 0 Å². The van der Waals surface area contributed by atoms with Crippen LogP contribution in [0.2, 0.25) is 5.02 Å². The first-order chi connectivity index (χ1) is 16.4. The highest BCUT2D eigenvalue weighted by Crippen LogP contribution is 2.29. The SMILES string of the molecule is COCc1ccc(C(=O)N[C@H](C(=O)[N+]2(C(=O)N[C@H](C=O)CC(=O)O)CCCC2)C(C)(C)C)c(Cl)c1. The van der Waals surface area contributed by atoms with Crippen molar-refractivity contribution in [2.24, 2.45) is 5.41 Å². The normalized spacial score (nSPS) is 16.7. The Morgan fingerprint density at radius 2 is 1.80 bits per heavy atom. The number of aliphatic carboxylic acids is 1. The average Bonchev–Trinajstić information content (AvgIpc) is 3.27. The predicted molar refractivity (Wildman–Crippen MR) is 128 cm³/mol. The first-order valence-corrected chi connectivity index (χ1v) is 11.7. The van der Waals surface area contributed by atoms with E-state index in [0.717, 1.165) is 5.56 Å². The summed E-state index contributed by atoms with van der Waals surface area (Å²) >= 11 is 6.31. The van der Waals surface area contributed by atoms with Gasteiger partial charge in [0, 0.05) is 20.0 Å². The van der Waals surface area contributed by atoms with Crippen LogP contribution in [0.5, 0.6) is 0 Å². The van der Waals surface area contributed by atoms with Crippen LogP contribution in [0.4, 0.5) is 4.79 Å². The number of amides is 4. The zero-order valence-corrected chi connectivity index (χ0v) is 21.2. The molecule has 0 radical (unpaired) electrons. The summed E-state index contributed by atoms with van der Waals surface area (Å²) in [6.07, 6.45) is 0.907. The van der Waals surface area contributed by atoms with E-state index in [2.05, 4.69) is 10.6 Å². The van der Waals surface area contributed by atoms with Crippen molar-refractivity contribution in [2.75, 3.05) is 20.2 Å². The Bertz CT molecular complexity index is 984. The van der Waals surface area contributed by atoms with Gasteiger partial charge >= 0.3 is 17.9 Å².